The number of sulfonamides is 1. The molecule has 0 aliphatic heterocycles. The van der Waals surface area contributed by atoms with Gasteiger partial charge in [0.25, 0.3) is 21.8 Å². The zero-order valence-corrected chi connectivity index (χ0v) is 15.7. The van der Waals surface area contributed by atoms with Crippen LogP contribution in [0.5, 0.6) is 5.88 Å². The van der Waals surface area contributed by atoms with E-state index in [1.54, 1.807) is 36.7 Å². The Labute approximate surface area is 161 Å². The molecule has 28 heavy (non-hydrogen) atoms. The number of hydrogen-bond acceptors (Lipinski definition) is 7. The number of hydrogen-bond donors (Lipinski definition) is 2. The molecule has 0 saturated heterocycles. The van der Waals surface area contributed by atoms with E-state index in [0.717, 1.165) is 17.3 Å². The number of benzene rings is 1. The van der Waals surface area contributed by atoms with Gasteiger partial charge in [0.2, 0.25) is 5.82 Å². The molecule has 144 valence electrons. The number of nitrogens with two attached hydrogens (primary N) is 1. The lowest BCUT2D eigenvalue weighted by atomic mass is 10.2. The summed E-state index contributed by atoms with van der Waals surface area (Å²) in [6.07, 6.45) is 4.33. The highest BCUT2D eigenvalue weighted by atomic mass is 32.2. The van der Waals surface area contributed by atoms with Crippen LogP contribution in [-0.2, 0) is 16.6 Å². The third kappa shape index (κ3) is 4.60. The van der Waals surface area contributed by atoms with Crippen LogP contribution in [0.1, 0.15) is 21.6 Å². The molecule has 0 aliphatic carbocycles. The molecule has 0 aliphatic rings. The average molecular weight is 399 g/mol. The van der Waals surface area contributed by atoms with E-state index >= 15 is 0 Å². The van der Waals surface area contributed by atoms with Crippen LogP contribution in [0.15, 0.2) is 59.9 Å². The summed E-state index contributed by atoms with van der Waals surface area (Å²) in [4.78, 5) is 23.3. The van der Waals surface area contributed by atoms with Crippen molar-refractivity contribution in [2.75, 3.05) is 4.72 Å². The van der Waals surface area contributed by atoms with Gasteiger partial charge in [-0.3, -0.25) is 14.5 Å². The summed E-state index contributed by atoms with van der Waals surface area (Å²) in [6.45, 7) is 1.92. The van der Waals surface area contributed by atoms with Crippen LogP contribution in [0.2, 0.25) is 0 Å². The van der Waals surface area contributed by atoms with Crippen molar-refractivity contribution >= 4 is 21.7 Å². The fraction of sp³-hybridized carbons (Fsp3) is 0.111. The first-order valence-electron chi connectivity index (χ1n) is 8.13. The van der Waals surface area contributed by atoms with Crippen LogP contribution in [0.25, 0.3) is 0 Å². The second-order valence-corrected chi connectivity index (χ2v) is 7.52. The van der Waals surface area contributed by atoms with Gasteiger partial charge in [-0.25, -0.2) is 18.4 Å². The fourth-order valence-corrected chi connectivity index (χ4v) is 3.21. The van der Waals surface area contributed by atoms with Crippen LogP contribution in [0.4, 0.5) is 5.82 Å². The zero-order chi connectivity index (χ0) is 20.1. The standard InChI is InChI=1S/C18H17N5O4S/c1-12-4-6-14(7-5-12)28(25,26)23-17-18(21-10-15(22-17)16(19)24)27-11-13-3-2-8-20-9-13/h2-10H,11H2,1H3,(H2,19,24)(H,22,23). The molecule has 3 aromatic rings. The quantitative estimate of drug-likeness (QED) is 0.616. The van der Waals surface area contributed by atoms with Gasteiger partial charge in [-0.15, -0.1) is 0 Å². The molecule has 2 aromatic heterocycles. The van der Waals surface area contributed by atoms with Gasteiger partial charge >= 0.3 is 0 Å². The van der Waals surface area contributed by atoms with E-state index in [2.05, 4.69) is 19.7 Å². The van der Waals surface area contributed by atoms with Crippen molar-refractivity contribution in [1.29, 1.82) is 0 Å². The Balaban J connectivity index is 1.91. The summed E-state index contributed by atoms with van der Waals surface area (Å²) in [5.41, 5.74) is 6.68. The monoisotopic (exact) mass is 399 g/mol. The van der Waals surface area contributed by atoms with Gasteiger partial charge < -0.3 is 10.5 Å². The van der Waals surface area contributed by atoms with Crippen LogP contribution >= 0.6 is 0 Å². The highest BCUT2D eigenvalue weighted by Crippen LogP contribution is 2.24. The summed E-state index contributed by atoms with van der Waals surface area (Å²) in [6, 6.07) is 9.77. The van der Waals surface area contributed by atoms with Crippen molar-refractivity contribution < 1.29 is 17.9 Å². The van der Waals surface area contributed by atoms with Gasteiger partial charge in [-0.05, 0) is 25.1 Å². The number of anilines is 1. The molecule has 0 spiro atoms. The largest absolute Gasteiger partial charge is 0.470 e. The Morgan fingerprint density at radius 3 is 2.57 bits per heavy atom. The number of aryl methyl sites for hydroxylation is 1. The minimum atomic E-state index is -3.97. The minimum Gasteiger partial charge on any atom is -0.470 e. The van der Waals surface area contributed by atoms with Crippen LogP contribution in [0, 0.1) is 6.92 Å². The molecule has 0 bridgehead atoms. The first-order valence-corrected chi connectivity index (χ1v) is 9.61. The average Bonchev–Trinajstić information content (AvgIpc) is 2.67. The first kappa shape index (κ1) is 19.2. The molecule has 3 rings (SSSR count). The lowest BCUT2D eigenvalue weighted by Crippen LogP contribution is -2.19. The molecule has 0 radical (unpaired) electrons. The zero-order valence-electron chi connectivity index (χ0n) is 14.9. The smallest absolute Gasteiger partial charge is 0.269 e. The van der Waals surface area contributed by atoms with E-state index in [1.165, 1.54) is 12.1 Å². The highest BCUT2D eigenvalue weighted by molar-refractivity contribution is 7.92. The summed E-state index contributed by atoms with van der Waals surface area (Å²) < 4.78 is 33.2. The van der Waals surface area contributed by atoms with Crippen LogP contribution in [-0.4, -0.2) is 29.3 Å². The number of pyridine rings is 1. The van der Waals surface area contributed by atoms with E-state index in [9.17, 15) is 13.2 Å². The summed E-state index contributed by atoms with van der Waals surface area (Å²) in [5.74, 6) is -1.17. The molecule has 10 heteroatoms. The Bertz CT molecular complexity index is 1090. The number of nitrogens with zero attached hydrogens (tertiary/aromatic N) is 3. The molecule has 0 fully saturated rings. The number of primary amides is 1. The van der Waals surface area contributed by atoms with Gasteiger partial charge in [-0.2, -0.15) is 0 Å². The highest BCUT2D eigenvalue weighted by Gasteiger charge is 2.20. The van der Waals surface area contributed by atoms with Crippen molar-refractivity contribution in [1.82, 2.24) is 15.0 Å². The number of amides is 1. The second kappa shape index (κ2) is 8.01. The maximum Gasteiger partial charge on any atom is 0.269 e. The van der Waals surface area contributed by atoms with Gasteiger partial charge in [-0.1, -0.05) is 23.8 Å². The maximum atomic E-state index is 12.7. The number of aromatic nitrogens is 3. The molecular formula is C18H17N5O4S. The number of carbonyl (C=O) groups excluding carboxylic acids is 1. The lowest BCUT2D eigenvalue weighted by Gasteiger charge is -2.12. The van der Waals surface area contributed by atoms with Crippen molar-refractivity contribution in [2.45, 2.75) is 18.4 Å². The van der Waals surface area contributed by atoms with Gasteiger partial charge in [0.05, 0.1) is 11.1 Å². The van der Waals surface area contributed by atoms with Gasteiger partial charge in [0.1, 0.15) is 12.3 Å². The van der Waals surface area contributed by atoms with Crippen molar-refractivity contribution in [3.05, 3.63) is 71.8 Å². The third-order valence-corrected chi connectivity index (χ3v) is 5.01. The van der Waals surface area contributed by atoms with E-state index in [0.29, 0.717) is 0 Å². The number of ether oxygens (including phenoxy) is 1. The predicted octanol–water partition coefficient (Wildman–Crippen LogP) is 1.66. The molecule has 1 amide bonds. The van der Waals surface area contributed by atoms with E-state index in [4.69, 9.17) is 10.5 Å². The van der Waals surface area contributed by atoms with Crippen molar-refractivity contribution in [3.8, 4) is 5.88 Å². The normalized spacial score (nSPS) is 11.0. The molecule has 0 saturated carbocycles. The first-order chi connectivity index (χ1) is 13.3. The lowest BCUT2D eigenvalue weighted by molar-refractivity contribution is 0.0995. The molecule has 3 N–H and O–H groups in total. The van der Waals surface area contributed by atoms with Gasteiger partial charge in [0.15, 0.2) is 0 Å². The molecular weight excluding hydrogens is 382 g/mol. The predicted molar refractivity (Wildman–Crippen MR) is 101 cm³/mol. The topological polar surface area (TPSA) is 137 Å². The maximum absolute atomic E-state index is 12.7. The fourth-order valence-electron chi connectivity index (χ4n) is 2.21. The molecule has 1 aromatic carbocycles. The second-order valence-electron chi connectivity index (χ2n) is 5.84. The Morgan fingerprint density at radius 1 is 1.18 bits per heavy atom. The van der Waals surface area contributed by atoms with Crippen LogP contribution in [0.3, 0.4) is 0 Å². The van der Waals surface area contributed by atoms with Gasteiger partial charge in [0, 0.05) is 18.0 Å². The Hall–Kier alpha value is -3.53. The van der Waals surface area contributed by atoms with E-state index in [1.807, 2.05) is 6.92 Å². The number of rotatable bonds is 7. The third-order valence-electron chi connectivity index (χ3n) is 3.65. The van der Waals surface area contributed by atoms with Crippen LogP contribution < -0.4 is 15.2 Å². The van der Waals surface area contributed by atoms with Crippen molar-refractivity contribution in [2.24, 2.45) is 5.73 Å². The van der Waals surface area contributed by atoms with E-state index < -0.39 is 15.9 Å². The summed E-state index contributed by atoms with van der Waals surface area (Å²) in [7, 11) is -3.97. The number of carbonyl (C=O) groups is 1. The minimum absolute atomic E-state index is 0.0302. The summed E-state index contributed by atoms with van der Waals surface area (Å²) in [5, 5.41) is 0. The number of nitrogens with one attached hydrogen (secondary N) is 1. The Kier molecular flexibility index (Phi) is 5.50. The van der Waals surface area contributed by atoms with Crippen molar-refractivity contribution in [3.63, 3.8) is 0 Å². The molecule has 0 atom stereocenters. The Morgan fingerprint density at radius 2 is 1.93 bits per heavy atom. The summed E-state index contributed by atoms with van der Waals surface area (Å²) >= 11 is 0. The van der Waals surface area contributed by atoms with E-state index in [-0.39, 0.29) is 28.9 Å². The molecule has 0 unspecified atom stereocenters. The SMILES string of the molecule is Cc1ccc(S(=O)(=O)Nc2nc(C(N)=O)cnc2OCc2cccnc2)cc1. The molecule has 9 nitrogen and oxygen atoms in total. The molecule has 2 heterocycles.